The van der Waals surface area contributed by atoms with Crippen LogP contribution in [0.25, 0.3) is 0 Å². The van der Waals surface area contributed by atoms with Gasteiger partial charge in [-0.25, -0.2) is 4.39 Å². The zero-order valence-electron chi connectivity index (χ0n) is 16.2. The molecular weight excluding hydrogens is 377 g/mol. The minimum atomic E-state index is -1.58. The fourth-order valence-corrected chi connectivity index (χ4v) is 3.77. The molecule has 0 bridgehead atoms. The second-order valence-corrected chi connectivity index (χ2v) is 7.22. The maximum Gasteiger partial charge on any atom is 0.314 e. The third kappa shape index (κ3) is 4.24. The average Bonchev–Trinajstić information content (AvgIpc) is 2.71. The number of rotatable bonds is 6. The molecule has 154 valence electrons. The predicted octanol–water partition coefficient (Wildman–Crippen LogP) is 2.74. The lowest BCUT2D eigenvalue weighted by molar-refractivity contribution is -0.161. The standard InChI is InChI=1S/C22H24FNO5/c1-2-29-18-6-4-3-5-17(18)20(26)24-12-11-19(25)22(14-24,21(27)28)13-15-7-9-16(23)10-8-15/h3-10,19,25H,2,11-14H2,1H3,(H,27,28)/t19-,22-/m1/s1. The molecule has 3 rings (SSSR count). The van der Waals surface area contributed by atoms with E-state index in [4.69, 9.17) is 4.74 Å². The first-order valence-corrected chi connectivity index (χ1v) is 9.54. The number of carboxylic acids is 1. The van der Waals surface area contributed by atoms with Crippen LogP contribution in [0.1, 0.15) is 29.3 Å². The smallest absolute Gasteiger partial charge is 0.314 e. The molecular formula is C22H24FNO5. The van der Waals surface area contributed by atoms with Crippen molar-refractivity contribution >= 4 is 11.9 Å². The Morgan fingerprint density at radius 1 is 1.21 bits per heavy atom. The fourth-order valence-electron chi connectivity index (χ4n) is 3.77. The molecule has 0 unspecified atom stereocenters. The Bertz CT molecular complexity index is 885. The molecule has 2 aromatic rings. The lowest BCUT2D eigenvalue weighted by atomic mass is 9.72. The summed E-state index contributed by atoms with van der Waals surface area (Å²) in [6.07, 6.45) is -1.01. The average molecular weight is 401 g/mol. The second-order valence-electron chi connectivity index (χ2n) is 7.22. The number of amides is 1. The van der Waals surface area contributed by atoms with Gasteiger partial charge in [0.25, 0.3) is 5.91 Å². The molecule has 29 heavy (non-hydrogen) atoms. The van der Waals surface area contributed by atoms with E-state index in [9.17, 15) is 24.2 Å². The highest BCUT2D eigenvalue weighted by atomic mass is 19.1. The summed E-state index contributed by atoms with van der Waals surface area (Å²) in [4.78, 5) is 26.8. The van der Waals surface area contributed by atoms with E-state index < -0.39 is 23.3 Å². The predicted molar refractivity (Wildman–Crippen MR) is 104 cm³/mol. The third-order valence-electron chi connectivity index (χ3n) is 5.35. The Morgan fingerprint density at radius 2 is 1.90 bits per heavy atom. The highest BCUT2D eigenvalue weighted by Crippen LogP contribution is 2.36. The molecule has 1 aliphatic heterocycles. The number of halogens is 1. The van der Waals surface area contributed by atoms with E-state index in [1.54, 1.807) is 24.3 Å². The number of carbonyl (C=O) groups excluding carboxylic acids is 1. The van der Waals surface area contributed by atoms with Crippen molar-refractivity contribution in [3.8, 4) is 5.75 Å². The maximum atomic E-state index is 13.2. The van der Waals surface area contributed by atoms with Gasteiger partial charge in [-0.15, -0.1) is 0 Å². The van der Waals surface area contributed by atoms with Gasteiger partial charge in [0.15, 0.2) is 0 Å². The van der Waals surface area contributed by atoms with Crippen LogP contribution in [0.2, 0.25) is 0 Å². The number of likely N-dealkylation sites (tertiary alicyclic amines) is 1. The first kappa shape index (κ1) is 20.8. The van der Waals surface area contributed by atoms with E-state index in [-0.39, 0.29) is 31.8 Å². The molecule has 0 radical (unpaired) electrons. The Kier molecular flexibility index (Phi) is 6.17. The summed E-state index contributed by atoms with van der Waals surface area (Å²) in [7, 11) is 0. The molecule has 0 saturated carbocycles. The van der Waals surface area contributed by atoms with Gasteiger partial charge in [-0.1, -0.05) is 24.3 Å². The van der Waals surface area contributed by atoms with Crippen LogP contribution in [-0.4, -0.2) is 52.8 Å². The van der Waals surface area contributed by atoms with E-state index >= 15 is 0 Å². The number of aliphatic hydroxyl groups is 1. The Balaban J connectivity index is 1.90. The van der Waals surface area contributed by atoms with Crippen LogP contribution < -0.4 is 4.74 Å². The van der Waals surface area contributed by atoms with Crippen LogP contribution in [0.5, 0.6) is 5.75 Å². The van der Waals surface area contributed by atoms with E-state index in [0.29, 0.717) is 23.5 Å². The van der Waals surface area contributed by atoms with Crippen LogP contribution in [0, 0.1) is 11.2 Å². The van der Waals surface area contributed by atoms with Gasteiger partial charge in [0.05, 0.1) is 18.3 Å². The van der Waals surface area contributed by atoms with Gasteiger partial charge in [0.1, 0.15) is 17.0 Å². The number of piperidine rings is 1. The van der Waals surface area contributed by atoms with Crippen LogP contribution in [0.3, 0.4) is 0 Å². The highest BCUT2D eigenvalue weighted by Gasteiger charge is 2.50. The van der Waals surface area contributed by atoms with Crippen LogP contribution >= 0.6 is 0 Å². The van der Waals surface area contributed by atoms with Crippen molar-refractivity contribution in [3.05, 3.63) is 65.5 Å². The van der Waals surface area contributed by atoms with E-state index in [0.717, 1.165) is 0 Å². The molecule has 1 saturated heterocycles. The Morgan fingerprint density at radius 3 is 2.55 bits per heavy atom. The van der Waals surface area contributed by atoms with Crippen LogP contribution in [-0.2, 0) is 11.2 Å². The molecule has 1 fully saturated rings. The molecule has 6 nitrogen and oxygen atoms in total. The molecule has 0 spiro atoms. The van der Waals surface area contributed by atoms with Crippen molar-refractivity contribution in [3.63, 3.8) is 0 Å². The zero-order valence-corrected chi connectivity index (χ0v) is 16.2. The Hall–Kier alpha value is -2.93. The molecule has 1 amide bonds. The minimum absolute atomic E-state index is 0.0132. The van der Waals surface area contributed by atoms with Gasteiger partial charge in [-0.05, 0) is 49.6 Å². The van der Waals surface area contributed by atoms with Gasteiger partial charge in [-0.2, -0.15) is 0 Å². The van der Waals surface area contributed by atoms with Crippen molar-refractivity contribution < 1.29 is 28.9 Å². The van der Waals surface area contributed by atoms with Gasteiger partial charge in [0.2, 0.25) is 0 Å². The van der Waals surface area contributed by atoms with Crippen molar-refractivity contribution in [1.82, 2.24) is 4.90 Å². The molecule has 0 aromatic heterocycles. The van der Waals surface area contributed by atoms with Crippen molar-refractivity contribution in [2.24, 2.45) is 5.41 Å². The van der Waals surface area contributed by atoms with Crippen molar-refractivity contribution in [1.29, 1.82) is 0 Å². The zero-order chi connectivity index (χ0) is 21.0. The third-order valence-corrected chi connectivity index (χ3v) is 5.35. The van der Waals surface area contributed by atoms with E-state index in [2.05, 4.69) is 0 Å². The number of carbonyl (C=O) groups is 2. The number of para-hydroxylation sites is 1. The number of benzene rings is 2. The number of aliphatic carboxylic acids is 1. The van der Waals surface area contributed by atoms with Gasteiger partial charge < -0.3 is 19.8 Å². The van der Waals surface area contributed by atoms with Gasteiger partial charge in [-0.3, -0.25) is 9.59 Å². The monoisotopic (exact) mass is 401 g/mol. The number of hydrogen-bond acceptors (Lipinski definition) is 4. The summed E-state index contributed by atoms with van der Waals surface area (Å²) in [5.74, 6) is -1.52. The lowest BCUT2D eigenvalue weighted by Gasteiger charge is -2.43. The minimum Gasteiger partial charge on any atom is -0.493 e. The second kappa shape index (κ2) is 8.61. The number of hydrogen-bond donors (Lipinski definition) is 2. The molecule has 2 aromatic carbocycles. The molecule has 2 N–H and O–H groups in total. The summed E-state index contributed by atoms with van der Waals surface area (Å²) in [5, 5.41) is 20.6. The topological polar surface area (TPSA) is 87.1 Å². The molecule has 1 heterocycles. The summed E-state index contributed by atoms with van der Waals surface area (Å²) >= 11 is 0. The first-order valence-electron chi connectivity index (χ1n) is 9.54. The Labute approximate surface area is 168 Å². The number of carboxylic acid groups (broad SMARTS) is 1. The SMILES string of the molecule is CCOc1ccccc1C(=O)N1CC[C@@H](O)[C@](Cc2ccc(F)cc2)(C(=O)O)C1. The van der Waals surface area contributed by atoms with Gasteiger partial charge in [0, 0.05) is 13.1 Å². The molecule has 2 atom stereocenters. The number of nitrogens with zero attached hydrogens (tertiary/aromatic N) is 1. The number of ether oxygens (including phenoxy) is 1. The largest absolute Gasteiger partial charge is 0.493 e. The first-order chi connectivity index (χ1) is 13.9. The van der Waals surface area contributed by atoms with E-state index in [1.165, 1.54) is 29.2 Å². The van der Waals surface area contributed by atoms with Crippen molar-refractivity contribution in [2.75, 3.05) is 19.7 Å². The van der Waals surface area contributed by atoms with Crippen LogP contribution in [0.15, 0.2) is 48.5 Å². The van der Waals surface area contributed by atoms with Crippen LogP contribution in [0.4, 0.5) is 4.39 Å². The summed E-state index contributed by atoms with van der Waals surface area (Å²) < 4.78 is 18.7. The molecule has 7 heteroatoms. The van der Waals surface area contributed by atoms with Crippen molar-refractivity contribution in [2.45, 2.75) is 25.9 Å². The lowest BCUT2D eigenvalue weighted by Crippen LogP contribution is -2.58. The normalized spacial score (nSPS) is 21.6. The van der Waals surface area contributed by atoms with Gasteiger partial charge >= 0.3 is 5.97 Å². The fraction of sp³-hybridized carbons (Fsp3) is 0.364. The quantitative estimate of drug-likeness (QED) is 0.777. The summed E-state index contributed by atoms with van der Waals surface area (Å²) in [6, 6.07) is 12.3. The number of aliphatic hydroxyl groups excluding tert-OH is 1. The summed E-state index contributed by atoms with van der Waals surface area (Å²) in [5.41, 5.74) is -0.643. The molecule has 0 aliphatic carbocycles. The molecule has 1 aliphatic rings. The van der Waals surface area contributed by atoms with E-state index in [1.807, 2.05) is 6.92 Å². The highest BCUT2D eigenvalue weighted by molar-refractivity contribution is 5.97. The maximum absolute atomic E-state index is 13.2. The summed E-state index contributed by atoms with van der Waals surface area (Å²) in [6.45, 7) is 2.29.